The Morgan fingerprint density at radius 2 is 1.18 bits per heavy atom. The summed E-state index contributed by atoms with van der Waals surface area (Å²) >= 11 is 0. The van der Waals surface area contributed by atoms with Crippen LogP contribution in [-0.2, 0) is 9.47 Å². The number of amides is 2. The molecule has 3 aliphatic heterocycles. The molecule has 0 spiro atoms. The van der Waals surface area contributed by atoms with Crippen LogP contribution in [0.1, 0.15) is 41.4 Å². The molecule has 0 radical (unpaired) electrons. The first kappa shape index (κ1) is 19.1. The number of fused-ring (bicyclic) bond motifs is 7. The van der Waals surface area contributed by atoms with Gasteiger partial charge in [-0.25, -0.2) is 9.59 Å². The van der Waals surface area contributed by atoms with Crippen LogP contribution in [0.25, 0.3) is 0 Å². The van der Waals surface area contributed by atoms with Crippen LogP contribution in [0, 0.1) is 0 Å². The Bertz CT molecular complexity index is 864. The van der Waals surface area contributed by atoms with E-state index in [1.165, 1.54) is 0 Å². The van der Waals surface area contributed by atoms with Crippen molar-refractivity contribution >= 4 is 23.8 Å². The molecule has 5 rings (SSSR count). The minimum Gasteiger partial charge on any atom is -0.458 e. The van der Waals surface area contributed by atoms with E-state index in [2.05, 4.69) is 0 Å². The first-order valence-electron chi connectivity index (χ1n) is 8.59. The number of carbonyl (C=O) groups excluding carboxylic acids is 4. The number of hydrogen-bond donors (Lipinski definition) is 1. The van der Waals surface area contributed by atoms with Crippen molar-refractivity contribution < 1.29 is 28.7 Å². The largest absolute Gasteiger partial charge is 0.458 e. The average Bonchev–Trinajstić information content (AvgIpc) is 3.56. The molecule has 8 nitrogen and oxygen atoms in total. The van der Waals surface area contributed by atoms with Gasteiger partial charge in [-0.05, 0) is 48.5 Å². The number of primary amides is 1. The lowest BCUT2D eigenvalue weighted by Gasteiger charge is -2.09. The zero-order valence-corrected chi connectivity index (χ0v) is 14.9. The van der Waals surface area contributed by atoms with Crippen molar-refractivity contribution in [1.29, 1.82) is 0 Å². The molecular weight excluding hydrogens is 364 g/mol. The second-order valence-electron chi connectivity index (χ2n) is 6.08. The van der Waals surface area contributed by atoms with Crippen LogP contribution in [0.15, 0.2) is 48.5 Å². The van der Waals surface area contributed by atoms with Gasteiger partial charge in [-0.15, -0.1) is 0 Å². The van der Waals surface area contributed by atoms with Crippen LogP contribution < -0.4 is 5.73 Å². The highest BCUT2D eigenvalue weighted by molar-refractivity contribution is 5.98. The number of benzene rings is 2. The number of nitrogens with two attached hydrogens (primary N) is 1. The summed E-state index contributed by atoms with van der Waals surface area (Å²) in [5.74, 6) is -1.25. The highest BCUT2D eigenvalue weighted by Gasteiger charge is 2.24. The third-order valence-corrected chi connectivity index (χ3v) is 4.06. The summed E-state index contributed by atoms with van der Waals surface area (Å²) in [5, 5.41) is 0. The Kier molecular flexibility index (Phi) is 5.69. The lowest BCUT2D eigenvalue weighted by atomic mass is 10.1. The maximum atomic E-state index is 11.5. The molecule has 2 amide bonds. The minimum atomic E-state index is -0.476. The first-order valence-corrected chi connectivity index (χ1v) is 8.59. The van der Waals surface area contributed by atoms with Gasteiger partial charge in [0, 0.05) is 24.2 Å². The molecule has 144 valence electrons. The molecule has 1 saturated heterocycles. The van der Waals surface area contributed by atoms with E-state index in [4.69, 9.17) is 15.2 Å². The summed E-state index contributed by atoms with van der Waals surface area (Å²) in [4.78, 5) is 46.5. The average molecular weight is 382 g/mol. The molecular formula is C20H18N2O6. The van der Waals surface area contributed by atoms with Gasteiger partial charge in [-0.3, -0.25) is 9.59 Å². The van der Waals surface area contributed by atoms with Crippen molar-refractivity contribution in [3.05, 3.63) is 70.8 Å². The van der Waals surface area contributed by atoms with Crippen molar-refractivity contribution in [1.82, 2.24) is 4.90 Å². The van der Waals surface area contributed by atoms with E-state index in [-0.39, 0.29) is 19.1 Å². The predicted molar refractivity (Wildman–Crippen MR) is 97.9 cm³/mol. The standard InChI is InChI=1S/C10H10N2O2.C10H8O4/c11-9(13)7-1-3-8(4-2-7)10(14)12-5-6-12;11-9-7-1-2-8(4-3-7)10(12)14-6-5-13-9/h1-4H,5-6H2,(H2,11,13);1-4H,5-6H2. The number of hydrogen-bond acceptors (Lipinski definition) is 6. The van der Waals surface area contributed by atoms with Gasteiger partial charge in [0.05, 0.1) is 11.1 Å². The molecule has 8 heteroatoms. The van der Waals surface area contributed by atoms with Crippen LogP contribution in [0.2, 0.25) is 0 Å². The van der Waals surface area contributed by atoms with Gasteiger partial charge in [-0.1, -0.05) is 0 Å². The summed E-state index contributed by atoms with van der Waals surface area (Å²) < 4.78 is 9.66. The summed E-state index contributed by atoms with van der Waals surface area (Å²) in [5.41, 5.74) is 7.00. The molecule has 0 unspecified atom stereocenters. The summed E-state index contributed by atoms with van der Waals surface area (Å²) in [6.45, 7) is 1.86. The lowest BCUT2D eigenvalue weighted by molar-refractivity contribution is 0.0260. The Morgan fingerprint density at radius 3 is 1.57 bits per heavy atom. The van der Waals surface area contributed by atoms with Gasteiger partial charge in [0.15, 0.2) is 0 Å². The molecule has 2 N–H and O–H groups in total. The molecule has 0 aliphatic carbocycles. The van der Waals surface area contributed by atoms with Gasteiger partial charge in [0.25, 0.3) is 5.91 Å². The van der Waals surface area contributed by atoms with E-state index in [0.29, 0.717) is 22.3 Å². The van der Waals surface area contributed by atoms with Crippen LogP contribution in [0.3, 0.4) is 0 Å². The predicted octanol–water partition coefficient (Wildman–Crippen LogP) is 1.26. The van der Waals surface area contributed by atoms with Crippen LogP contribution in [-0.4, -0.2) is 55.0 Å². The fraction of sp³-hybridized carbons (Fsp3) is 0.200. The van der Waals surface area contributed by atoms with E-state index in [1.807, 2.05) is 0 Å². The second-order valence-corrected chi connectivity index (χ2v) is 6.08. The molecule has 0 atom stereocenters. The van der Waals surface area contributed by atoms with E-state index >= 15 is 0 Å². The van der Waals surface area contributed by atoms with Crippen LogP contribution in [0.5, 0.6) is 0 Å². The Labute approximate surface area is 160 Å². The number of ether oxygens (including phenoxy) is 2. The molecule has 2 aromatic rings. The molecule has 3 aliphatic rings. The zero-order valence-electron chi connectivity index (χ0n) is 14.9. The van der Waals surface area contributed by atoms with Crippen molar-refractivity contribution in [3.63, 3.8) is 0 Å². The van der Waals surface area contributed by atoms with Crippen LogP contribution in [0.4, 0.5) is 0 Å². The summed E-state index contributed by atoms with van der Waals surface area (Å²) in [6.07, 6.45) is 0. The Morgan fingerprint density at radius 1 is 0.750 bits per heavy atom. The molecule has 0 saturated carbocycles. The second kappa shape index (κ2) is 8.34. The summed E-state index contributed by atoms with van der Waals surface area (Å²) in [7, 11) is 0. The first-order chi connectivity index (χ1) is 13.5. The number of rotatable bonds is 2. The van der Waals surface area contributed by atoms with Crippen molar-refractivity contribution in [2.45, 2.75) is 0 Å². The lowest BCUT2D eigenvalue weighted by Crippen LogP contribution is -2.16. The maximum Gasteiger partial charge on any atom is 0.338 e. The minimum absolute atomic E-state index is 0.0148. The highest BCUT2D eigenvalue weighted by Crippen LogP contribution is 2.13. The molecule has 2 bridgehead atoms. The molecule has 28 heavy (non-hydrogen) atoms. The highest BCUT2D eigenvalue weighted by atomic mass is 16.6. The van der Waals surface area contributed by atoms with Gasteiger partial charge in [-0.2, -0.15) is 0 Å². The van der Waals surface area contributed by atoms with E-state index in [9.17, 15) is 19.2 Å². The third-order valence-electron chi connectivity index (χ3n) is 4.06. The number of nitrogens with zero attached hydrogens (tertiary/aromatic N) is 1. The van der Waals surface area contributed by atoms with Gasteiger partial charge in [0.1, 0.15) is 13.2 Å². The van der Waals surface area contributed by atoms with E-state index in [1.54, 1.807) is 53.4 Å². The van der Waals surface area contributed by atoms with Crippen molar-refractivity contribution in [3.8, 4) is 0 Å². The molecule has 2 aromatic carbocycles. The fourth-order valence-electron chi connectivity index (χ4n) is 2.39. The van der Waals surface area contributed by atoms with Crippen molar-refractivity contribution in [2.24, 2.45) is 5.73 Å². The Balaban J connectivity index is 0.000000161. The van der Waals surface area contributed by atoms with Crippen molar-refractivity contribution in [2.75, 3.05) is 26.3 Å². The molecule has 3 heterocycles. The van der Waals surface area contributed by atoms with Gasteiger partial charge in [0.2, 0.25) is 5.91 Å². The monoisotopic (exact) mass is 382 g/mol. The molecule has 0 aromatic heterocycles. The quantitative estimate of drug-likeness (QED) is 0.617. The zero-order chi connectivity index (χ0) is 20.1. The number of carbonyl (C=O) groups is 4. The topological polar surface area (TPSA) is 116 Å². The van der Waals surface area contributed by atoms with E-state index < -0.39 is 17.8 Å². The smallest absolute Gasteiger partial charge is 0.338 e. The normalized spacial score (nSPS) is 14.9. The maximum absolute atomic E-state index is 11.5. The SMILES string of the molecule is NC(=O)c1ccc(C(=O)N2CC2)cc1.O=C1OCCOC(=O)c2ccc1cc2. The van der Waals surface area contributed by atoms with Gasteiger partial charge < -0.3 is 20.1 Å². The Hall–Kier alpha value is -3.68. The number of esters is 2. The third kappa shape index (κ3) is 4.73. The van der Waals surface area contributed by atoms with E-state index in [0.717, 1.165) is 13.1 Å². The summed E-state index contributed by atoms with van der Waals surface area (Å²) in [6, 6.07) is 12.6. The van der Waals surface area contributed by atoms with Gasteiger partial charge >= 0.3 is 11.9 Å². The van der Waals surface area contributed by atoms with Crippen LogP contribution >= 0.6 is 0 Å². The molecule has 1 fully saturated rings. The fourth-order valence-corrected chi connectivity index (χ4v) is 2.39.